The third-order valence-corrected chi connectivity index (χ3v) is 4.18. The van der Waals surface area contributed by atoms with Gasteiger partial charge in [0.2, 0.25) is 5.65 Å². The summed E-state index contributed by atoms with van der Waals surface area (Å²) in [7, 11) is 0. The Bertz CT molecular complexity index is 883. The van der Waals surface area contributed by atoms with Gasteiger partial charge in [-0.1, -0.05) is 49.3 Å². The first-order valence-electron chi connectivity index (χ1n) is 6.84. The number of halogens is 1. The highest BCUT2D eigenvalue weighted by atomic mass is 35.5. The van der Waals surface area contributed by atoms with Crippen molar-refractivity contribution in [1.29, 1.82) is 0 Å². The molecule has 0 aliphatic carbocycles. The first-order valence-corrected chi connectivity index (χ1v) is 8.44. The van der Waals surface area contributed by atoms with Crippen LogP contribution in [0.2, 0.25) is 5.02 Å². The molecule has 0 bridgehead atoms. The molecule has 0 unspecified atom stereocenters. The van der Waals surface area contributed by atoms with Gasteiger partial charge in [0.1, 0.15) is 0 Å². The van der Waals surface area contributed by atoms with Gasteiger partial charge in [0.15, 0.2) is 5.16 Å². The van der Waals surface area contributed by atoms with Crippen LogP contribution >= 0.6 is 23.4 Å². The van der Waals surface area contributed by atoms with Crippen molar-refractivity contribution in [3.63, 3.8) is 0 Å². The zero-order chi connectivity index (χ0) is 15.9. The molecule has 0 aliphatic heterocycles. The van der Waals surface area contributed by atoms with E-state index in [0.29, 0.717) is 15.8 Å². The molecule has 22 heavy (non-hydrogen) atoms. The van der Waals surface area contributed by atoms with Crippen molar-refractivity contribution in [2.75, 3.05) is 6.26 Å². The Balaban J connectivity index is 2.39. The summed E-state index contributed by atoms with van der Waals surface area (Å²) in [5, 5.41) is 5.71. The number of hydrogen-bond donors (Lipinski definition) is 1. The van der Waals surface area contributed by atoms with E-state index in [9.17, 15) is 4.79 Å². The molecular weight excluding hydrogens is 320 g/mol. The summed E-state index contributed by atoms with van der Waals surface area (Å²) in [4.78, 5) is 19.5. The highest BCUT2D eigenvalue weighted by Gasteiger charge is 2.20. The van der Waals surface area contributed by atoms with E-state index in [1.807, 2.05) is 44.4 Å². The average molecular weight is 335 g/mol. The molecule has 3 rings (SSSR count). The first-order chi connectivity index (χ1) is 10.5. The molecule has 0 atom stereocenters. The number of aromatic nitrogens is 4. The van der Waals surface area contributed by atoms with Crippen LogP contribution in [0, 0.1) is 0 Å². The minimum atomic E-state index is -0.235. The number of hydrogen-bond acceptors (Lipinski definition) is 4. The molecule has 0 fully saturated rings. The normalized spacial score (nSPS) is 11.5. The van der Waals surface area contributed by atoms with Crippen LogP contribution < -0.4 is 5.56 Å². The zero-order valence-corrected chi connectivity index (χ0v) is 14.0. The number of nitrogens with one attached hydrogen (secondary N) is 1. The Morgan fingerprint density at radius 3 is 2.55 bits per heavy atom. The smallest absolute Gasteiger partial charge is 0.295 e. The number of aromatic amines is 1. The van der Waals surface area contributed by atoms with E-state index in [0.717, 1.165) is 17.0 Å². The van der Waals surface area contributed by atoms with Crippen LogP contribution in [0.4, 0.5) is 0 Å². The number of rotatable bonds is 3. The Kier molecular flexibility index (Phi) is 3.97. The molecule has 1 aromatic carbocycles. The van der Waals surface area contributed by atoms with Crippen molar-refractivity contribution in [3.8, 4) is 11.3 Å². The van der Waals surface area contributed by atoms with Gasteiger partial charge in [-0.25, -0.2) is 9.50 Å². The van der Waals surface area contributed by atoms with Crippen LogP contribution in [0.1, 0.15) is 25.5 Å². The van der Waals surface area contributed by atoms with Gasteiger partial charge in [0, 0.05) is 10.6 Å². The molecule has 7 heteroatoms. The number of H-pyrrole nitrogens is 1. The lowest BCUT2D eigenvalue weighted by Crippen LogP contribution is -2.14. The van der Waals surface area contributed by atoms with Crippen LogP contribution in [-0.4, -0.2) is 25.8 Å². The molecule has 1 N–H and O–H groups in total. The molecule has 2 heterocycles. The maximum absolute atomic E-state index is 12.2. The Morgan fingerprint density at radius 1 is 1.27 bits per heavy atom. The summed E-state index contributed by atoms with van der Waals surface area (Å²) in [6.07, 6.45) is 1.87. The summed E-state index contributed by atoms with van der Waals surface area (Å²) in [6, 6.07) is 7.48. The third kappa shape index (κ3) is 2.53. The lowest BCUT2D eigenvalue weighted by molar-refractivity contribution is 0.781. The van der Waals surface area contributed by atoms with Crippen LogP contribution in [-0.2, 0) is 0 Å². The first kappa shape index (κ1) is 15.1. The standard InChI is InChI=1S/C15H15ClN4OS/c1-8(2)11-12(9-4-6-10(16)7-5-9)20-13(17-11)14(21)18-15(19-20)22-3/h4-8H,1-3H3,(H,18,19,21). The Hall–Kier alpha value is -1.79. The van der Waals surface area contributed by atoms with Crippen molar-refractivity contribution in [1.82, 2.24) is 19.6 Å². The van der Waals surface area contributed by atoms with E-state index in [2.05, 4.69) is 15.1 Å². The van der Waals surface area contributed by atoms with Crippen molar-refractivity contribution in [2.45, 2.75) is 24.9 Å². The fourth-order valence-electron chi connectivity index (χ4n) is 2.31. The van der Waals surface area contributed by atoms with Crippen molar-refractivity contribution in [2.24, 2.45) is 0 Å². The summed E-state index contributed by atoms with van der Waals surface area (Å²) in [5.41, 5.74) is 2.69. The van der Waals surface area contributed by atoms with Gasteiger partial charge < -0.3 is 0 Å². The quantitative estimate of drug-likeness (QED) is 0.743. The molecule has 0 amide bonds. The largest absolute Gasteiger partial charge is 0.297 e. The number of fused-ring (bicyclic) bond motifs is 1. The van der Waals surface area contributed by atoms with Gasteiger partial charge in [-0.3, -0.25) is 9.78 Å². The molecule has 0 spiro atoms. The van der Waals surface area contributed by atoms with Gasteiger partial charge >= 0.3 is 0 Å². The molecule has 2 aromatic heterocycles. The van der Waals surface area contributed by atoms with Crippen LogP contribution in [0.5, 0.6) is 0 Å². The van der Waals surface area contributed by atoms with Crippen LogP contribution in [0.25, 0.3) is 16.9 Å². The number of imidazole rings is 1. The Labute approximate surface area is 136 Å². The fraction of sp³-hybridized carbons (Fsp3) is 0.267. The number of benzene rings is 1. The minimum Gasteiger partial charge on any atom is -0.297 e. The molecular formula is C15H15ClN4OS. The monoisotopic (exact) mass is 334 g/mol. The second-order valence-corrected chi connectivity index (χ2v) is 6.44. The maximum atomic E-state index is 12.2. The van der Waals surface area contributed by atoms with Crippen molar-refractivity contribution >= 4 is 29.0 Å². The molecule has 0 saturated carbocycles. The summed E-state index contributed by atoms with van der Waals surface area (Å²) >= 11 is 7.36. The fourth-order valence-corrected chi connectivity index (χ4v) is 2.80. The number of thioether (sulfide) groups is 1. The second-order valence-electron chi connectivity index (χ2n) is 5.21. The molecule has 5 nitrogen and oxygen atoms in total. The van der Waals surface area contributed by atoms with Gasteiger partial charge in [0.05, 0.1) is 11.4 Å². The van der Waals surface area contributed by atoms with E-state index in [4.69, 9.17) is 11.6 Å². The van der Waals surface area contributed by atoms with E-state index in [1.54, 1.807) is 4.52 Å². The molecule has 0 radical (unpaired) electrons. The van der Waals surface area contributed by atoms with Crippen molar-refractivity contribution < 1.29 is 0 Å². The van der Waals surface area contributed by atoms with Gasteiger partial charge in [-0.2, -0.15) is 0 Å². The highest BCUT2D eigenvalue weighted by molar-refractivity contribution is 7.98. The predicted molar refractivity (Wildman–Crippen MR) is 89.9 cm³/mol. The molecule has 0 saturated heterocycles. The molecule has 3 aromatic rings. The van der Waals surface area contributed by atoms with Crippen LogP contribution in [0.15, 0.2) is 34.2 Å². The van der Waals surface area contributed by atoms with Gasteiger partial charge in [0.25, 0.3) is 5.56 Å². The van der Waals surface area contributed by atoms with Gasteiger partial charge in [-0.05, 0) is 24.3 Å². The number of nitrogens with zero attached hydrogens (tertiary/aromatic N) is 3. The maximum Gasteiger partial charge on any atom is 0.295 e. The van der Waals surface area contributed by atoms with E-state index in [1.165, 1.54) is 11.8 Å². The Morgan fingerprint density at radius 2 is 1.95 bits per heavy atom. The van der Waals surface area contributed by atoms with E-state index in [-0.39, 0.29) is 11.5 Å². The van der Waals surface area contributed by atoms with Gasteiger partial charge in [-0.15, -0.1) is 5.10 Å². The summed E-state index contributed by atoms with van der Waals surface area (Å²) < 4.78 is 1.63. The summed E-state index contributed by atoms with van der Waals surface area (Å²) in [6.45, 7) is 4.09. The SMILES string of the molecule is CSc1nn2c(-c3ccc(Cl)cc3)c(C(C)C)nc2c(=O)[nH]1. The minimum absolute atomic E-state index is 0.171. The lowest BCUT2D eigenvalue weighted by Gasteiger charge is -2.07. The highest BCUT2D eigenvalue weighted by Crippen LogP contribution is 2.29. The van der Waals surface area contributed by atoms with Crippen molar-refractivity contribution in [3.05, 3.63) is 45.3 Å². The zero-order valence-electron chi connectivity index (χ0n) is 12.4. The second kappa shape index (κ2) is 5.78. The molecule has 114 valence electrons. The predicted octanol–water partition coefficient (Wildman–Crippen LogP) is 3.58. The lowest BCUT2D eigenvalue weighted by atomic mass is 10.0. The summed E-state index contributed by atoms with van der Waals surface area (Å²) in [5.74, 6) is 0.171. The van der Waals surface area contributed by atoms with Crippen LogP contribution in [0.3, 0.4) is 0 Å². The topological polar surface area (TPSA) is 63.1 Å². The van der Waals surface area contributed by atoms with E-state index >= 15 is 0 Å². The third-order valence-electron chi connectivity index (χ3n) is 3.35. The molecule has 0 aliphatic rings. The van der Waals surface area contributed by atoms with E-state index < -0.39 is 0 Å². The average Bonchev–Trinajstić information content (AvgIpc) is 2.88.